The van der Waals surface area contributed by atoms with E-state index in [4.69, 9.17) is 5.11 Å². The van der Waals surface area contributed by atoms with Gasteiger partial charge in [-0.15, -0.1) is 0 Å². The summed E-state index contributed by atoms with van der Waals surface area (Å²) in [5.41, 5.74) is 2.44. The van der Waals surface area contributed by atoms with Crippen LogP contribution >= 0.6 is 0 Å². The zero-order chi connectivity index (χ0) is 24.7. The number of aliphatic hydroxyl groups excluding tert-OH is 1. The van der Waals surface area contributed by atoms with Gasteiger partial charge >= 0.3 is 5.97 Å². The van der Waals surface area contributed by atoms with Gasteiger partial charge in [0.25, 0.3) is 11.5 Å². The standard InChI is InChI=1S/C24H26N4O6/c1-25-21(30)11-10-19(24(33)34)27-22(31)16-7-4-14(5-8-16)2-3-15-6-9-18-17(12-15)23(32)28-20(13-29)26-18/h4-9,12,19,29H,2-3,10-11,13H2,1H3,(H,25,30)(H,27,31)(H,33,34)(H,26,28,32)/t19-/m0/s1. The number of aliphatic carboxylic acids is 1. The number of carboxylic acid groups (broad SMARTS) is 1. The van der Waals surface area contributed by atoms with Gasteiger partial charge in [-0.2, -0.15) is 0 Å². The van der Waals surface area contributed by atoms with Crippen molar-refractivity contribution < 1.29 is 24.6 Å². The van der Waals surface area contributed by atoms with Gasteiger partial charge in [-0.25, -0.2) is 9.78 Å². The third-order valence-corrected chi connectivity index (χ3v) is 5.43. The number of H-pyrrole nitrogens is 1. The molecule has 3 rings (SSSR count). The van der Waals surface area contributed by atoms with Crippen LogP contribution in [0.3, 0.4) is 0 Å². The molecule has 10 nitrogen and oxygen atoms in total. The minimum atomic E-state index is -1.20. The minimum absolute atomic E-state index is 0.00795. The van der Waals surface area contributed by atoms with Crippen LogP contribution in [0.2, 0.25) is 0 Å². The molecular weight excluding hydrogens is 440 g/mol. The van der Waals surface area contributed by atoms with E-state index in [1.165, 1.54) is 7.05 Å². The van der Waals surface area contributed by atoms with Gasteiger partial charge in [0.05, 0.1) is 10.9 Å². The predicted octanol–water partition coefficient (Wildman–Crippen LogP) is 0.910. The summed E-state index contributed by atoms with van der Waals surface area (Å²) in [6.07, 6.45) is 1.30. The number of carbonyl (C=O) groups is 3. The Bertz CT molecular complexity index is 1250. The number of carbonyl (C=O) groups excluding carboxylic acids is 2. The van der Waals surface area contributed by atoms with E-state index < -0.39 is 17.9 Å². The van der Waals surface area contributed by atoms with E-state index in [9.17, 15) is 24.3 Å². The van der Waals surface area contributed by atoms with Crippen LogP contribution in [0.4, 0.5) is 0 Å². The molecule has 0 fully saturated rings. The number of benzene rings is 2. The number of hydrogen-bond acceptors (Lipinski definition) is 6. The number of nitrogens with one attached hydrogen (secondary N) is 3. The fourth-order valence-corrected chi connectivity index (χ4v) is 3.48. The number of hydrogen-bond donors (Lipinski definition) is 5. The van der Waals surface area contributed by atoms with Crippen LogP contribution in [0.25, 0.3) is 10.9 Å². The SMILES string of the molecule is CNC(=O)CC[C@H](NC(=O)c1ccc(CCc2ccc3nc(CO)[nH]c(=O)c3c2)cc1)C(=O)O. The van der Waals surface area contributed by atoms with Crippen molar-refractivity contribution in [3.05, 3.63) is 75.3 Å². The average molecular weight is 466 g/mol. The number of nitrogens with zero attached hydrogens (tertiary/aromatic N) is 1. The zero-order valence-electron chi connectivity index (χ0n) is 18.6. The van der Waals surface area contributed by atoms with Gasteiger partial charge in [-0.05, 0) is 54.7 Å². The highest BCUT2D eigenvalue weighted by Gasteiger charge is 2.21. The van der Waals surface area contributed by atoms with Gasteiger partial charge in [0.2, 0.25) is 5.91 Å². The normalized spacial score (nSPS) is 11.7. The Morgan fingerprint density at radius 3 is 2.38 bits per heavy atom. The van der Waals surface area contributed by atoms with Crippen molar-refractivity contribution in [2.45, 2.75) is 38.3 Å². The van der Waals surface area contributed by atoms with Gasteiger partial charge in [0.15, 0.2) is 0 Å². The molecule has 3 aromatic rings. The number of aromatic nitrogens is 2. The first-order valence-corrected chi connectivity index (χ1v) is 10.8. The first kappa shape index (κ1) is 24.6. The highest BCUT2D eigenvalue weighted by molar-refractivity contribution is 5.96. The van der Waals surface area contributed by atoms with Crippen molar-refractivity contribution in [2.24, 2.45) is 0 Å². The van der Waals surface area contributed by atoms with Crippen molar-refractivity contribution in [3.63, 3.8) is 0 Å². The maximum Gasteiger partial charge on any atom is 0.326 e. The van der Waals surface area contributed by atoms with E-state index in [1.807, 2.05) is 6.07 Å². The number of aliphatic hydroxyl groups is 1. The van der Waals surface area contributed by atoms with Crippen molar-refractivity contribution in [1.29, 1.82) is 0 Å². The van der Waals surface area contributed by atoms with E-state index in [1.54, 1.807) is 36.4 Å². The van der Waals surface area contributed by atoms with Crippen molar-refractivity contribution >= 4 is 28.7 Å². The van der Waals surface area contributed by atoms with E-state index in [0.29, 0.717) is 29.3 Å². The second kappa shape index (κ2) is 11.2. The Morgan fingerprint density at radius 1 is 1.06 bits per heavy atom. The molecule has 0 aliphatic heterocycles. The molecule has 0 saturated carbocycles. The predicted molar refractivity (Wildman–Crippen MR) is 124 cm³/mol. The molecule has 2 aromatic carbocycles. The number of carboxylic acids is 1. The summed E-state index contributed by atoms with van der Waals surface area (Å²) in [5, 5.41) is 23.8. The Kier molecular flexibility index (Phi) is 8.10. The molecule has 1 aromatic heterocycles. The van der Waals surface area contributed by atoms with Gasteiger partial charge in [-0.3, -0.25) is 14.4 Å². The van der Waals surface area contributed by atoms with E-state index in [-0.39, 0.29) is 36.7 Å². The van der Waals surface area contributed by atoms with Crippen molar-refractivity contribution in [3.8, 4) is 0 Å². The molecule has 0 aliphatic rings. The molecule has 1 heterocycles. The lowest BCUT2D eigenvalue weighted by Gasteiger charge is -2.14. The Labute approximate surface area is 195 Å². The molecular formula is C24H26N4O6. The first-order valence-electron chi connectivity index (χ1n) is 10.8. The van der Waals surface area contributed by atoms with Crippen molar-refractivity contribution in [1.82, 2.24) is 20.6 Å². The van der Waals surface area contributed by atoms with Crippen LogP contribution in [0.1, 0.15) is 40.2 Å². The fraction of sp³-hybridized carbons (Fsp3) is 0.292. The number of aromatic amines is 1. The van der Waals surface area contributed by atoms with Crippen LogP contribution in [-0.4, -0.2) is 51.1 Å². The summed E-state index contributed by atoms with van der Waals surface area (Å²) >= 11 is 0. The average Bonchev–Trinajstić information content (AvgIpc) is 2.84. The topological polar surface area (TPSA) is 161 Å². The highest BCUT2D eigenvalue weighted by atomic mass is 16.4. The summed E-state index contributed by atoms with van der Waals surface area (Å²) in [7, 11) is 1.46. The molecule has 0 bridgehead atoms. The van der Waals surface area contributed by atoms with Crippen molar-refractivity contribution in [2.75, 3.05) is 7.05 Å². The van der Waals surface area contributed by atoms with Crippen LogP contribution in [0.15, 0.2) is 47.3 Å². The fourth-order valence-electron chi connectivity index (χ4n) is 3.48. The van der Waals surface area contributed by atoms with Crippen LogP contribution in [0.5, 0.6) is 0 Å². The second-order valence-electron chi connectivity index (χ2n) is 7.80. The molecule has 10 heteroatoms. The molecule has 5 N–H and O–H groups in total. The molecule has 0 radical (unpaired) electrons. The van der Waals surface area contributed by atoms with E-state index in [2.05, 4.69) is 20.6 Å². The Hall–Kier alpha value is -4.05. The maximum absolute atomic E-state index is 12.4. The summed E-state index contributed by atoms with van der Waals surface area (Å²) in [6, 6.07) is 11.0. The number of fused-ring (bicyclic) bond motifs is 1. The summed E-state index contributed by atoms with van der Waals surface area (Å²) < 4.78 is 0. The number of amides is 2. The molecule has 178 valence electrons. The monoisotopic (exact) mass is 466 g/mol. The van der Waals surface area contributed by atoms with Gasteiger partial charge in [0.1, 0.15) is 18.5 Å². The lowest BCUT2D eigenvalue weighted by atomic mass is 10.0. The van der Waals surface area contributed by atoms with Gasteiger partial charge in [0, 0.05) is 19.0 Å². The van der Waals surface area contributed by atoms with Crippen LogP contribution in [0, 0.1) is 0 Å². The lowest BCUT2D eigenvalue weighted by molar-refractivity contribution is -0.139. The largest absolute Gasteiger partial charge is 0.480 e. The quantitative estimate of drug-likeness (QED) is 0.297. The van der Waals surface area contributed by atoms with Crippen LogP contribution < -0.4 is 16.2 Å². The molecule has 34 heavy (non-hydrogen) atoms. The van der Waals surface area contributed by atoms with E-state index >= 15 is 0 Å². The molecule has 0 aliphatic carbocycles. The molecule has 0 spiro atoms. The number of aryl methyl sites for hydroxylation is 2. The third kappa shape index (κ3) is 6.26. The zero-order valence-corrected chi connectivity index (χ0v) is 18.6. The maximum atomic E-state index is 12.4. The van der Waals surface area contributed by atoms with E-state index in [0.717, 1.165) is 11.1 Å². The van der Waals surface area contributed by atoms with Crippen LogP contribution in [-0.2, 0) is 29.0 Å². The van der Waals surface area contributed by atoms with Gasteiger partial charge < -0.3 is 25.8 Å². The second-order valence-corrected chi connectivity index (χ2v) is 7.80. The first-order chi connectivity index (χ1) is 16.3. The molecule has 2 amide bonds. The summed E-state index contributed by atoms with van der Waals surface area (Å²) in [6.45, 7) is -0.339. The molecule has 1 atom stereocenters. The summed E-state index contributed by atoms with van der Waals surface area (Å²) in [5.74, 6) is -1.81. The highest BCUT2D eigenvalue weighted by Crippen LogP contribution is 2.14. The molecule has 0 unspecified atom stereocenters. The smallest absolute Gasteiger partial charge is 0.326 e. The summed E-state index contributed by atoms with van der Waals surface area (Å²) in [4.78, 5) is 54.1. The third-order valence-electron chi connectivity index (χ3n) is 5.43. The number of rotatable bonds is 10. The Balaban J connectivity index is 1.61. The minimum Gasteiger partial charge on any atom is -0.480 e. The Morgan fingerprint density at radius 2 is 1.74 bits per heavy atom. The van der Waals surface area contributed by atoms with Gasteiger partial charge in [-0.1, -0.05) is 18.2 Å². The molecule has 0 saturated heterocycles. The lowest BCUT2D eigenvalue weighted by Crippen LogP contribution is -2.41.